The van der Waals surface area contributed by atoms with Gasteiger partial charge in [0.05, 0.1) is 0 Å². The molecule has 0 saturated carbocycles. The second kappa shape index (κ2) is 4.74. The van der Waals surface area contributed by atoms with Gasteiger partial charge in [-0.05, 0) is 18.8 Å². The summed E-state index contributed by atoms with van der Waals surface area (Å²) in [5, 5.41) is 17.8. The predicted octanol–water partition coefficient (Wildman–Crippen LogP) is 0.412. The summed E-state index contributed by atoms with van der Waals surface area (Å²) in [4.78, 5) is 0. The van der Waals surface area contributed by atoms with Gasteiger partial charge in [-0.15, -0.1) is 10.2 Å². The Hall–Kier alpha value is -0.940. The SMILES string of the molecule is OCC1CCc2nnc(CC3CCOC3)n2C1. The third kappa shape index (κ3) is 2.21. The molecule has 0 bridgehead atoms. The molecule has 94 valence electrons. The minimum Gasteiger partial charge on any atom is -0.396 e. The highest BCUT2D eigenvalue weighted by Crippen LogP contribution is 2.23. The van der Waals surface area contributed by atoms with Crippen molar-refractivity contribution < 1.29 is 9.84 Å². The average Bonchev–Trinajstić information content (AvgIpc) is 2.99. The zero-order valence-electron chi connectivity index (χ0n) is 10.0. The molecule has 5 heteroatoms. The van der Waals surface area contributed by atoms with Crippen molar-refractivity contribution in [2.45, 2.75) is 32.2 Å². The van der Waals surface area contributed by atoms with Gasteiger partial charge in [0, 0.05) is 45.1 Å². The summed E-state index contributed by atoms with van der Waals surface area (Å²) in [5.41, 5.74) is 0. The zero-order valence-corrected chi connectivity index (χ0v) is 10.0. The number of aliphatic hydroxyl groups excluding tert-OH is 1. The van der Waals surface area contributed by atoms with Crippen molar-refractivity contribution >= 4 is 0 Å². The standard InChI is InChI=1S/C12H19N3O2/c16-7-10-1-2-11-13-14-12(15(11)6-10)5-9-3-4-17-8-9/h9-10,16H,1-8H2. The third-order valence-corrected chi connectivity index (χ3v) is 3.87. The molecular weight excluding hydrogens is 218 g/mol. The Morgan fingerprint density at radius 2 is 2.24 bits per heavy atom. The quantitative estimate of drug-likeness (QED) is 0.827. The fourth-order valence-corrected chi connectivity index (χ4v) is 2.75. The molecule has 1 fully saturated rings. The number of rotatable bonds is 3. The largest absolute Gasteiger partial charge is 0.396 e. The van der Waals surface area contributed by atoms with E-state index in [0.717, 1.165) is 57.1 Å². The Morgan fingerprint density at radius 3 is 3.00 bits per heavy atom. The second-order valence-electron chi connectivity index (χ2n) is 5.16. The monoisotopic (exact) mass is 237 g/mol. The maximum absolute atomic E-state index is 9.26. The van der Waals surface area contributed by atoms with E-state index in [4.69, 9.17) is 4.74 Å². The second-order valence-corrected chi connectivity index (χ2v) is 5.16. The van der Waals surface area contributed by atoms with Crippen molar-refractivity contribution in [2.75, 3.05) is 19.8 Å². The van der Waals surface area contributed by atoms with Gasteiger partial charge in [-0.1, -0.05) is 0 Å². The van der Waals surface area contributed by atoms with Crippen LogP contribution in [0.4, 0.5) is 0 Å². The lowest BCUT2D eigenvalue weighted by Crippen LogP contribution is -2.25. The van der Waals surface area contributed by atoms with E-state index < -0.39 is 0 Å². The number of fused-ring (bicyclic) bond motifs is 1. The van der Waals surface area contributed by atoms with E-state index in [0.29, 0.717) is 11.8 Å². The lowest BCUT2D eigenvalue weighted by molar-refractivity contribution is 0.182. The summed E-state index contributed by atoms with van der Waals surface area (Å²) >= 11 is 0. The maximum Gasteiger partial charge on any atom is 0.133 e. The number of aryl methyl sites for hydroxylation is 1. The van der Waals surface area contributed by atoms with Crippen LogP contribution in [0.5, 0.6) is 0 Å². The summed E-state index contributed by atoms with van der Waals surface area (Å²) < 4.78 is 7.61. The van der Waals surface area contributed by atoms with E-state index >= 15 is 0 Å². The molecule has 1 N–H and O–H groups in total. The van der Waals surface area contributed by atoms with E-state index in [1.807, 2.05) is 0 Å². The molecule has 0 aliphatic carbocycles. The molecule has 0 aromatic carbocycles. The van der Waals surface area contributed by atoms with Gasteiger partial charge in [-0.2, -0.15) is 0 Å². The van der Waals surface area contributed by atoms with Gasteiger partial charge in [0.1, 0.15) is 11.6 Å². The van der Waals surface area contributed by atoms with E-state index in [2.05, 4.69) is 14.8 Å². The van der Waals surface area contributed by atoms with Gasteiger partial charge in [0.15, 0.2) is 0 Å². The van der Waals surface area contributed by atoms with E-state index in [9.17, 15) is 5.11 Å². The Bertz CT molecular complexity index is 385. The molecule has 3 rings (SSSR count). The first kappa shape index (κ1) is 11.2. The average molecular weight is 237 g/mol. The minimum atomic E-state index is 0.267. The Kier molecular flexibility index (Phi) is 3.11. The topological polar surface area (TPSA) is 60.2 Å². The predicted molar refractivity (Wildman–Crippen MR) is 61.5 cm³/mol. The van der Waals surface area contributed by atoms with Crippen LogP contribution >= 0.6 is 0 Å². The molecule has 3 heterocycles. The molecule has 2 aliphatic heterocycles. The summed E-state index contributed by atoms with van der Waals surface area (Å²) in [5.74, 6) is 3.13. The number of aromatic nitrogens is 3. The van der Waals surface area contributed by atoms with Crippen LogP contribution in [0.25, 0.3) is 0 Å². The van der Waals surface area contributed by atoms with E-state index in [1.54, 1.807) is 0 Å². The van der Waals surface area contributed by atoms with Crippen LogP contribution in [0.1, 0.15) is 24.5 Å². The van der Waals surface area contributed by atoms with E-state index in [-0.39, 0.29) is 6.61 Å². The summed E-state index contributed by atoms with van der Waals surface area (Å²) in [6.07, 6.45) is 4.07. The van der Waals surface area contributed by atoms with Gasteiger partial charge >= 0.3 is 0 Å². The van der Waals surface area contributed by atoms with Gasteiger partial charge in [-0.3, -0.25) is 0 Å². The van der Waals surface area contributed by atoms with Crippen molar-refractivity contribution in [2.24, 2.45) is 11.8 Å². The van der Waals surface area contributed by atoms with Crippen molar-refractivity contribution in [1.82, 2.24) is 14.8 Å². The fraction of sp³-hybridized carbons (Fsp3) is 0.833. The molecule has 2 unspecified atom stereocenters. The van der Waals surface area contributed by atoms with Crippen LogP contribution in [0.2, 0.25) is 0 Å². The van der Waals surface area contributed by atoms with Gasteiger partial charge < -0.3 is 14.4 Å². The first-order chi connectivity index (χ1) is 8.36. The van der Waals surface area contributed by atoms with Crippen LogP contribution in [0, 0.1) is 11.8 Å². The molecule has 1 saturated heterocycles. The summed E-state index contributed by atoms with van der Waals surface area (Å²) in [6, 6.07) is 0. The molecule has 2 aliphatic rings. The van der Waals surface area contributed by atoms with Crippen LogP contribution in [-0.4, -0.2) is 39.7 Å². The van der Waals surface area contributed by atoms with Gasteiger partial charge in [-0.25, -0.2) is 0 Å². The zero-order chi connectivity index (χ0) is 11.7. The molecule has 1 aromatic heterocycles. The molecule has 0 amide bonds. The van der Waals surface area contributed by atoms with Crippen LogP contribution in [0.3, 0.4) is 0 Å². The van der Waals surface area contributed by atoms with Gasteiger partial charge in [0.25, 0.3) is 0 Å². The molecule has 0 radical (unpaired) electrons. The molecule has 1 aromatic rings. The molecular formula is C12H19N3O2. The Labute approximate surface area is 101 Å². The number of hydrogen-bond donors (Lipinski definition) is 1. The van der Waals surface area contributed by atoms with Gasteiger partial charge in [0.2, 0.25) is 0 Å². The molecule has 17 heavy (non-hydrogen) atoms. The van der Waals surface area contributed by atoms with Crippen molar-refractivity contribution in [3.8, 4) is 0 Å². The first-order valence-electron chi connectivity index (χ1n) is 6.46. The van der Waals surface area contributed by atoms with Crippen LogP contribution < -0.4 is 0 Å². The lowest BCUT2D eigenvalue weighted by atomic mass is 9.99. The Balaban J connectivity index is 1.74. The molecule has 0 spiro atoms. The molecule has 5 nitrogen and oxygen atoms in total. The van der Waals surface area contributed by atoms with E-state index in [1.165, 1.54) is 0 Å². The summed E-state index contributed by atoms with van der Waals surface area (Å²) in [7, 11) is 0. The first-order valence-corrected chi connectivity index (χ1v) is 6.46. The Morgan fingerprint density at radius 1 is 1.29 bits per heavy atom. The summed E-state index contributed by atoms with van der Waals surface area (Å²) in [6.45, 7) is 2.88. The minimum absolute atomic E-state index is 0.267. The molecule has 2 atom stereocenters. The third-order valence-electron chi connectivity index (χ3n) is 3.87. The maximum atomic E-state index is 9.26. The highest BCUT2D eigenvalue weighted by Gasteiger charge is 2.25. The number of nitrogens with zero attached hydrogens (tertiary/aromatic N) is 3. The highest BCUT2D eigenvalue weighted by molar-refractivity contribution is 5.01. The van der Waals surface area contributed by atoms with Crippen LogP contribution in [-0.2, 0) is 24.1 Å². The van der Waals surface area contributed by atoms with Crippen molar-refractivity contribution in [3.05, 3.63) is 11.6 Å². The fourth-order valence-electron chi connectivity index (χ4n) is 2.75. The number of aliphatic hydroxyl groups is 1. The highest BCUT2D eigenvalue weighted by atomic mass is 16.5. The van der Waals surface area contributed by atoms with Crippen LogP contribution in [0.15, 0.2) is 0 Å². The van der Waals surface area contributed by atoms with Crippen molar-refractivity contribution in [3.63, 3.8) is 0 Å². The smallest absolute Gasteiger partial charge is 0.133 e. The number of hydrogen-bond acceptors (Lipinski definition) is 4. The van der Waals surface area contributed by atoms with Crippen molar-refractivity contribution in [1.29, 1.82) is 0 Å². The normalized spacial score (nSPS) is 28.3. The number of ether oxygens (including phenoxy) is 1. The lowest BCUT2D eigenvalue weighted by Gasteiger charge is -2.22.